The number of nitrogens with zero attached hydrogens (tertiary/aromatic N) is 4. The summed E-state index contributed by atoms with van der Waals surface area (Å²) in [6.07, 6.45) is 0.533. The number of rotatable bonds is 6. The largest absolute Gasteiger partial charge is 0.486 e. The van der Waals surface area contributed by atoms with Crippen LogP contribution in [-0.2, 0) is 21.3 Å². The summed E-state index contributed by atoms with van der Waals surface area (Å²) >= 11 is 0. The van der Waals surface area contributed by atoms with Crippen LogP contribution < -0.4 is 24.7 Å². The fourth-order valence-corrected chi connectivity index (χ4v) is 8.08. The standard InChI is InChI=1S/C33H37N5O8S/c1-2-44-33(41)36-12-10-35(11-13-36)32(40)23-6-8-28(37-19-22-16-24(21-37)27-4-3-5-31(39)38(27)20-22)26(17-23)34-47(42,43)25-7-9-29-30(18-25)46-15-14-45-29/h3-9,17-18,22,24,34H,2,10-16,19-21H2,1H3/t22-,24+/m1/s1. The number of aromatic nitrogens is 1. The van der Waals surface area contributed by atoms with Gasteiger partial charge in [-0.2, -0.15) is 0 Å². The van der Waals surface area contributed by atoms with Gasteiger partial charge >= 0.3 is 6.09 Å². The van der Waals surface area contributed by atoms with Crippen molar-refractivity contribution in [3.8, 4) is 11.5 Å². The molecule has 14 heteroatoms. The predicted octanol–water partition coefficient (Wildman–Crippen LogP) is 2.96. The molecule has 0 unspecified atom stereocenters. The van der Waals surface area contributed by atoms with Crippen molar-refractivity contribution in [2.24, 2.45) is 5.92 Å². The molecular weight excluding hydrogens is 626 g/mol. The third kappa shape index (κ3) is 6.09. The SMILES string of the molecule is CCOC(=O)N1CCN(C(=O)c2ccc(N3C[C@H]4C[C@@H](C3)c3cccc(=O)n3C4)c(NS(=O)(=O)c3ccc4c(c3)OCCO4)c2)CC1. The zero-order chi connectivity index (χ0) is 32.7. The number of piperazine rings is 1. The van der Waals surface area contributed by atoms with Crippen LogP contribution in [0.15, 0.2) is 64.3 Å². The van der Waals surface area contributed by atoms with E-state index in [1.54, 1.807) is 53.1 Å². The molecule has 13 nitrogen and oxygen atoms in total. The van der Waals surface area contributed by atoms with E-state index in [0.29, 0.717) is 81.8 Å². The van der Waals surface area contributed by atoms with E-state index >= 15 is 0 Å². The van der Waals surface area contributed by atoms with Crippen molar-refractivity contribution in [3.05, 3.63) is 76.2 Å². The monoisotopic (exact) mass is 663 g/mol. The van der Waals surface area contributed by atoms with Crippen LogP contribution in [-0.4, -0.2) is 93.9 Å². The Morgan fingerprint density at radius 3 is 2.47 bits per heavy atom. The predicted molar refractivity (Wildman–Crippen MR) is 173 cm³/mol. The lowest BCUT2D eigenvalue weighted by atomic mass is 9.83. The van der Waals surface area contributed by atoms with Crippen LogP contribution >= 0.6 is 0 Å². The Morgan fingerprint density at radius 2 is 1.68 bits per heavy atom. The maximum Gasteiger partial charge on any atom is 0.409 e. The first-order valence-electron chi connectivity index (χ1n) is 15.9. The molecule has 2 saturated heterocycles. The Balaban J connectivity index is 1.19. The summed E-state index contributed by atoms with van der Waals surface area (Å²) in [5.74, 6) is 0.855. The molecular formula is C33H37N5O8S. The molecule has 3 aromatic rings. The molecule has 47 heavy (non-hydrogen) atoms. The number of sulfonamides is 1. The van der Waals surface area contributed by atoms with Gasteiger partial charge in [-0.05, 0) is 55.7 Å². The number of fused-ring (bicyclic) bond motifs is 5. The number of hydrogen-bond acceptors (Lipinski definition) is 9. The molecule has 7 rings (SSSR count). The number of nitrogens with one attached hydrogen (secondary N) is 1. The minimum atomic E-state index is -4.11. The molecule has 0 spiro atoms. The highest BCUT2D eigenvalue weighted by molar-refractivity contribution is 7.92. The minimum Gasteiger partial charge on any atom is -0.486 e. The smallest absolute Gasteiger partial charge is 0.409 e. The molecule has 248 valence electrons. The van der Waals surface area contributed by atoms with E-state index in [2.05, 4.69) is 9.62 Å². The Bertz CT molecular complexity index is 1870. The summed E-state index contributed by atoms with van der Waals surface area (Å²) < 4.78 is 48.6. The molecule has 1 N–H and O–H groups in total. The highest BCUT2D eigenvalue weighted by atomic mass is 32.2. The lowest BCUT2D eigenvalue weighted by Crippen LogP contribution is -2.50. The summed E-state index contributed by atoms with van der Waals surface area (Å²) in [6.45, 7) is 5.86. The molecule has 1 aromatic heterocycles. The highest BCUT2D eigenvalue weighted by Gasteiger charge is 2.36. The van der Waals surface area contributed by atoms with Crippen LogP contribution in [0, 0.1) is 5.92 Å². The first kappa shape index (κ1) is 30.9. The highest BCUT2D eigenvalue weighted by Crippen LogP contribution is 2.40. The van der Waals surface area contributed by atoms with E-state index in [1.807, 2.05) is 10.6 Å². The van der Waals surface area contributed by atoms with Crippen molar-refractivity contribution in [3.63, 3.8) is 0 Å². The second-order valence-electron chi connectivity index (χ2n) is 12.2. The van der Waals surface area contributed by atoms with E-state index < -0.39 is 16.1 Å². The van der Waals surface area contributed by atoms with Gasteiger partial charge in [0.15, 0.2) is 11.5 Å². The third-order valence-corrected chi connectivity index (χ3v) is 10.6. The molecule has 0 aliphatic carbocycles. The van der Waals surface area contributed by atoms with Crippen LogP contribution in [0.2, 0.25) is 0 Å². The van der Waals surface area contributed by atoms with Gasteiger partial charge in [-0.25, -0.2) is 13.2 Å². The van der Waals surface area contributed by atoms with Crippen molar-refractivity contribution < 1.29 is 32.2 Å². The van der Waals surface area contributed by atoms with Gasteiger partial charge in [-0.3, -0.25) is 14.3 Å². The summed E-state index contributed by atoms with van der Waals surface area (Å²) in [5, 5.41) is 0. The third-order valence-electron chi connectivity index (χ3n) is 9.23. The van der Waals surface area contributed by atoms with Gasteiger partial charge in [0, 0.05) is 75.1 Å². The number of ether oxygens (including phenoxy) is 3. The van der Waals surface area contributed by atoms with Gasteiger partial charge < -0.3 is 33.5 Å². The zero-order valence-corrected chi connectivity index (χ0v) is 26.9. The summed E-state index contributed by atoms with van der Waals surface area (Å²) in [5.41, 5.74) is 2.22. The molecule has 2 amide bonds. The van der Waals surface area contributed by atoms with E-state index in [-0.39, 0.29) is 40.5 Å². The Kier molecular flexibility index (Phi) is 8.20. The minimum absolute atomic E-state index is 0.00309. The van der Waals surface area contributed by atoms with Crippen LogP contribution in [0.4, 0.5) is 16.2 Å². The first-order chi connectivity index (χ1) is 22.7. The first-order valence-corrected chi connectivity index (χ1v) is 17.4. The zero-order valence-electron chi connectivity index (χ0n) is 26.1. The maximum atomic E-state index is 13.8. The maximum absolute atomic E-state index is 13.8. The second kappa shape index (κ2) is 12.5. The van der Waals surface area contributed by atoms with Gasteiger partial charge in [0.2, 0.25) is 0 Å². The second-order valence-corrected chi connectivity index (χ2v) is 13.9. The van der Waals surface area contributed by atoms with Gasteiger partial charge in [0.05, 0.1) is 22.9 Å². The topological polar surface area (TPSA) is 140 Å². The fourth-order valence-electron chi connectivity index (χ4n) is 7.00. The van der Waals surface area contributed by atoms with Crippen molar-refractivity contribution in [2.45, 2.75) is 30.7 Å². The van der Waals surface area contributed by atoms with E-state index in [0.717, 1.165) is 12.1 Å². The number of piperidine rings is 1. The quantitative estimate of drug-likeness (QED) is 0.422. The Hall–Kier alpha value is -4.72. The molecule has 0 saturated carbocycles. The van der Waals surface area contributed by atoms with Crippen LogP contribution in [0.3, 0.4) is 0 Å². The lowest BCUT2D eigenvalue weighted by Gasteiger charge is -2.44. The summed E-state index contributed by atoms with van der Waals surface area (Å²) in [7, 11) is -4.11. The summed E-state index contributed by atoms with van der Waals surface area (Å²) in [6, 6.07) is 14.9. The molecule has 2 atom stereocenters. The Morgan fingerprint density at radius 1 is 0.915 bits per heavy atom. The average molecular weight is 664 g/mol. The molecule has 2 fully saturated rings. The number of hydrogen-bond donors (Lipinski definition) is 1. The normalized spacial score (nSPS) is 20.3. The number of amides is 2. The van der Waals surface area contributed by atoms with Crippen LogP contribution in [0.5, 0.6) is 11.5 Å². The molecule has 2 bridgehead atoms. The number of anilines is 2. The number of benzene rings is 2. The van der Waals surface area contributed by atoms with Crippen molar-refractivity contribution in [2.75, 3.05) is 68.7 Å². The Labute approximate surface area is 272 Å². The van der Waals surface area contributed by atoms with E-state index in [9.17, 15) is 22.8 Å². The van der Waals surface area contributed by atoms with Crippen molar-refractivity contribution in [1.82, 2.24) is 14.4 Å². The molecule has 4 aliphatic rings. The van der Waals surface area contributed by atoms with Gasteiger partial charge in [0.1, 0.15) is 13.2 Å². The molecule has 4 aliphatic heterocycles. The van der Waals surface area contributed by atoms with Gasteiger partial charge in [-0.15, -0.1) is 0 Å². The molecule has 5 heterocycles. The van der Waals surface area contributed by atoms with E-state index in [1.165, 1.54) is 12.1 Å². The number of pyridine rings is 1. The number of carbonyl (C=O) groups is 2. The fraction of sp³-hybridized carbons (Fsp3) is 0.424. The van der Waals surface area contributed by atoms with E-state index in [4.69, 9.17) is 14.2 Å². The summed E-state index contributed by atoms with van der Waals surface area (Å²) in [4.78, 5) is 43.8. The molecule has 2 aromatic carbocycles. The van der Waals surface area contributed by atoms with Gasteiger partial charge in [0.25, 0.3) is 21.5 Å². The van der Waals surface area contributed by atoms with Crippen LogP contribution in [0.1, 0.15) is 35.3 Å². The van der Waals surface area contributed by atoms with Crippen LogP contribution in [0.25, 0.3) is 0 Å². The molecule has 0 radical (unpaired) electrons. The van der Waals surface area contributed by atoms with Gasteiger partial charge in [-0.1, -0.05) is 6.07 Å². The van der Waals surface area contributed by atoms with Crippen molar-refractivity contribution in [1.29, 1.82) is 0 Å². The lowest BCUT2D eigenvalue weighted by molar-refractivity contribution is 0.0570. The van der Waals surface area contributed by atoms with Crippen molar-refractivity contribution >= 4 is 33.4 Å². The number of carbonyl (C=O) groups excluding carboxylic acids is 2. The average Bonchev–Trinajstić information content (AvgIpc) is 3.08.